The van der Waals surface area contributed by atoms with Gasteiger partial charge in [0.1, 0.15) is 0 Å². The Kier molecular flexibility index (Phi) is 6.68. The first-order valence-electron chi connectivity index (χ1n) is 7.89. The number of halogens is 1. The van der Waals surface area contributed by atoms with Crippen molar-refractivity contribution in [3.8, 4) is 0 Å². The molecule has 1 aliphatic rings. The average molecular weight is 355 g/mol. The van der Waals surface area contributed by atoms with Gasteiger partial charge in [-0.15, -0.1) is 0 Å². The maximum Gasteiger partial charge on any atom is 0.0502 e. The van der Waals surface area contributed by atoms with Gasteiger partial charge < -0.3 is 10.5 Å². The molecule has 1 aromatic carbocycles. The summed E-state index contributed by atoms with van der Waals surface area (Å²) in [5, 5.41) is 0. The standard InChI is InChI=1S/C17H27BrN2O/c1-3-16(19)17(14-7-4-8-15(18)10-14)20-9-5-6-13(11-20)12-21-2/h4,7-8,10,13,16-17H,3,5-6,9,11-12,19H2,1-2H3. The number of hydrogen-bond donors (Lipinski definition) is 1. The van der Waals surface area contributed by atoms with E-state index in [2.05, 4.69) is 52.0 Å². The number of nitrogens with two attached hydrogens (primary N) is 1. The van der Waals surface area contributed by atoms with E-state index >= 15 is 0 Å². The minimum absolute atomic E-state index is 0.167. The van der Waals surface area contributed by atoms with Gasteiger partial charge in [-0.25, -0.2) is 0 Å². The second kappa shape index (κ2) is 8.28. The van der Waals surface area contributed by atoms with Crippen LogP contribution in [0.5, 0.6) is 0 Å². The van der Waals surface area contributed by atoms with Gasteiger partial charge in [0.15, 0.2) is 0 Å². The summed E-state index contributed by atoms with van der Waals surface area (Å²) in [7, 11) is 1.79. The maximum absolute atomic E-state index is 6.46. The third-order valence-corrected chi connectivity index (χ3v) is 4.91. The molecule has 0 saturated carbocycles. The fourth-order valence-electron chi connectivity index (χ4n) is 3.36. The van der Waals surface area contributed by atoms with Crippen molar-refractivity contribution in [3.05, 3.63) is 34.3 Å². The topological polar surface area (TPSA) is 38.5 Å². The molecule has 3 nitrogen and oxygen atoms in total. The van der Waals surface area contributed by atoms with Crippen molar-refractivity contribution in [2.24, 2.45) is 11.7 Å². The number of likely N-dealkylation sites (tertiary alicyclic amines) is 1. The highest BCUT2D eigenvalue weighted by Gasteiger charge is 2.30. The van der Waals surface area contributed by atoms with Crippen LogP contribution < -0.4 is 5.73 Å². The molecule has 0 spiro atoms. The van der Waals surface area contributed by atoms with E-state index in [9.17, 15) is 0 Å². The van der Waals surface area contributed by atoms with Crippen LogP contribution in [0.25, 0.3) is 0 Å². The lowest BCUT2D eigenvalue weighted by atomic mass is 9.91. The Hall–Kier alpha value is -0.420. The van der Waals surface area contributed by atoms with E-state index in [0.717, 1.165) is 30.6 Å². The molecule has 1 aliphatic heterocycles. The van der Waals surface area contributed by atoms with Crippen molar-refractivity contribution < 1.29 is 4.74 Å². The van der Waals surface area contributed by atoms with Gasteiger partial charge in [0, 0.05) is 30.2 Å². The molecule has 0 radical (unpaired) electrons. The highest BCUT2D eigenvalue weighted by molar-refractivity contribution is 9.10. The zero-order chi connectivity index (χ0) is 15.2. The Balaban J connectivity index is 2.19. The number of benzene rings is 1. The van der Waals surface area contributed by atoms with Crippen LogP contribution in [0, 0.1) is 5.92 Å². The SMILES string of the molecule is CCC(N)C(c1cccc(Br)c1)N1CCCC(COC)C1. The summed E-state index contributed by atoms with van der Waals surface area (Å²) in [6, 6.07) is 9.05. The Morgan fingerprint density at radius 1 is 1.48 bits per heavy atom. The number of piperidine rings is 1. The van der Waals surface area contributed by atoms with E-state index in [1.54, 1.807) is 7.11 Å². The summed E-state index contributed by atoms with van der Waals surface area (Å²) in [4.78, 5) is 2.56. The summed E-state index contributed by atoms with van der Waals surface area (Å²) in [6.45, 7) is 5.24. The molecule has 2 N–H and O–H groups in total. The van der Waals surface area contributed by atoms with Gasteiger partial charge in [0.05, 0.1) is 6.61 Å². The molecule has 1 fully saturated rings. The van der Waals surface area contributed by atoms with Crippen molar-refractivity contribution in [3.63, 3.8) is 0 Å². The number of ether oxygens (including phenoxy) is 1. The molecule has 0 amide bonds. The molecule has 3 unspecified atom stereocenters. The molecule has 0 aliphatic carbocycles. The molecule has 2 rings (SSSR count). The van der Waals surface area contributed by atoms with E-state index in [4.69, 9.17) is 10.5 Å². The summed E-state index contributed by atoms with van der Waals surface area (Å²) >= 11 is 3.58. The van der Waals surface area contributed by atoms with Gasteiger partial charge in [-0.3, -0.25) is 4.90 Å². The zero-order valence-corrected chi connectivity index (χ0v) is 14.7. The average Bonchev–Trinajstić information content (AvgIpc) is 2.48. The van der Waals surface area contributed by atoms with Crippen LogP contribution in [-0.4, -0.2) is 37.7 Å². The van der Waals surface area contributed by atoms with Crippen molar-refractivity contribution in [2.45, 2.75) is 38.3 Å². The van der Waals surface area contributed by atoms with Crippen LogP contribution in [0.1, 0.15) is 37.8 Å². The molecular weight excluding hydrogens is 328 g/mol. The quantitative estimate of drug-likeness (QED) is 0.848. The predicted molar refractivity (Wildman–Crippen MR) is 91.3 cm³/mol. The number of rotatable bonds is 6. The lowest BCUT2D eigenvalue weighted by molar-refractivity contribution is 0.0597. The fourth-order valence-corrected chi connectivity index (χ4v) is 3.78. The first-order valence-corrected chi connectivity index (χ1v) is 8.69. The molecule has 0 bridgehead atoms. The van der Waals surface area contributed by atoms with Crippen LogP contribution in [0.4, 0.5) is 0 Å². The van der Waals surface area contributed by atoms with E-state index in [1.807, 2.05) is 0 Å². The van der Waals surface area contributed by atoms with Gasteiger partial charge in [-0.2, -0.15) is 0 Å². The molecular formula is C17H27BrN2O. The number of hydrogen-bond acceptors (Lipinski definition) is 3. The first-order chi connectivity index (χ1) is 10.2. The largest absolute Gasteiger partial charge is 0.384 e. The Labute approximate surface area is 137 Å². The van der Waals surface area contributed by atoms with Crippen LogP contribution in [-0.2, 0) is 4.74 Å². The van der Waals surface area contributed by atoms with Crippen LogP contribution >= 0.6 is 15.9 Å². The number of nitrogens with zero attached hydrogens (tertiary/aromatic N) is 1. The van der Waals surface area contributed by atoms with E-state index in [-0.39, 0.29) is 6.04 Å². The van der Waals surface area contributed by atoms with Gasteiger partial charge in [-0.05, 0) is 49.4 Å². The van der Waals surface area contributed by atoms with E-state index in [1.165, 1.54) is 18.4 Å². The summed E-state index contributed by atoms with van der Waals surface area (Å²) in [5.74, 6) is 0.627. The van der Waals surface area contributed by atoms with Crippen molar-refractivity contribution in [2.75, 3.05) is 26.8 Å². The van der Waals surface area contributed by atoms with Crippen molar-refractivity contribution in [1.29, 1.82) is 0 Å². The van der Waals surface area contributed by atoms with Gasteiger partial charge >= 0.3 is 0 Å². The highest BCUT2D eigenvalue weighted by atomic mass is 79.9. The number of methoxy groups -OCH3 is 1. The summed E-state index contributed by atoms with van der Waals surface area (Å²) in [6.07, 6.45) is 3.48. The molecule has 3 atom stereocenters. The Morgan fingerprint density at radius 3 is 2.95 bits per heavy atom. The second-order valence-electron chi connectivity index (χ2n) is 6.03. The van der Waals surface area contributed by atoms with Crippen molar-refractivity contribution in [1.82, 2.24) is 4.90 Å². The lowest BCUT2D eigenvalue weighted by Gasteiger charge is -2.41. The van der Waals surface area contributed by atoms with E-state index in [0.29, 0.717) is 12.0 Å². The van der Waals surface area contributed by atoms with Crippen LogP contribution in [0.15, 0.2) is 28.7 Å². The van der Waals surface area contributed by atoms with Gasteiger partial charge in [-0.1, -0.05) is 35.0 Å². The first kappa shape index (κ1) is 16.9. The third kappa shape index (κ3) is 4.52. The molecule has 0 aromatic heterocycles. The van der Waals surface area contributed by atoms with Crippen LogP contribution in [0.3, 0.4) is 0 Å². The maximum atomic E-state index is 6.46. The molecule has 118 valence electrons. The van der Waals surface area contributed by atoms with Crippen molar-refractivity contribution >= 4 is 15.9 Å². The van der Waals surface area contributed by atoms with E-state index < -0.39 is 0 Å². The monoisotopic (exact) mass is 354 g/mol. The van der Waals surface area contributed by atoms with Gasteiger partial charge in [0.2, 0.25) is 0 Å². The Morgan fingerprint density at radius 2 is 2.29 bits per heavy atom. The summed E-state index contributed by atoms with van der Waals surface area (Å²) < 4.78 is 6.48. The predicted octanol–water partition coefficient (Wildman–Crippen LogP) is 3.59. The molecule has 1 heterocycles. The minimum Gasteiger partial charge on any atom is -0.384 e. The third-order valence-electron chi connectivity index (χ3n) is 4.41. The molecule has 21 heavy (non-hydrogen) atoms. The van der Waals surface area contributed by atoms with Crippen LogP contribution in [0.2, 0.25) is 0 Å². The minimum atomic E-state index is 0.167. The zero-order valence-electron chi connectivity index (χ0n) is 13.1. The normalized spacial score (nSPS) is 23.0. The molecule has 1 aromatic rings. The fraction of sp³-hybridized carbons (Fsp3) is 0.647. The Bertz CT molecular complexity index is 439. The summed E-state index contributed by atoms with van der Waals surface area (Å²) in [5.41, 5.74) is 7.78. The highest BCUT2D eigenvalue weighted by Crippen LogP contribution is 2.31. The van der Waals surface area contributed by atoms with Gasteiger partial charge in [0.25, 0.3) is 0 Å². The smallest absolute Gasteiger partial charge is 0.0502 e. The molecule has 4 heteroatoms. The second-order valence-corrected chi connectivity index (χ2v) is 6.95. The molecule has 1 saturated heterocycles. The lowest BCUT2D eigenvalue weighted by Crippen LogP contribution is -2.46.